The van der Waals surface area contributed by atoms with Crippen LogP contribution >= 0.6 is 22.9 Å². The fraction of sp³-hybridized carbons (Fsp3) is 0.500. The summed E-state index contributed by atoms with van der Waals surface area (Å²) in [6.45, 7) is 8.27. The summed E-state index contributed by atoms with van der Waals surface area (Å²) in [5, 5.41) is 3.57. The molecular formula is C38H47ClN4O5S2. The van der Waals surface area contributed by atoms with Crippen LogP contribution in [0.4, 0.5) is 5.69 Å². The first-order chi connectivity index (χ1) is 24.0. The Labute approximate surface area is 305 Å². The molecule has 3 heterocycles. The second kappa shape index (κ2) is 15.6. The Kier molecular flexibility index (Phi) is 11.4. The maximum absolute atomic E-state index is 14.2. The van der Waals surface area contributed by atoms with Gasteiger partial charge in [0.25, 0.3) is 5.91 Å². The number of anilines is 1. The van der Waals surface area contributed by atoms with E-state index in [9.17, 15) is 13.8 Å². The number of thiazole rings is 1. The number of fused-ring (bicyclic) bond motifs is 3. The van der Waals surface area contributed by atoms with Gasteiger partial charge in [-0.25, -0.2) is 9.19 Å². The Morgan fingerprint density at radius 2 is 2.06 bits per heavy atom. The van der Waals surface area contributed by atoms with Gasteiger partial charge in [0.15, 0.2) is 0 Å². The minimum absolute atomic E-state index is 0.0420. The normalized spacial score (nSPS) is 27.8. The van der Waals surface area contributed by atoms with Gasteiger partial charge in [-0.15, -0.1) is 15.7 Å². The molecule has 268 valence electrons. The van der Waals surface area contributed by atoms with E-state index in [-0.39, 0.29) is 35.5 Å². The molecule has 1 N–H and O–H groups in total. The summed E-state index contributed by atoms with van der Waals surface area (Å²) in [5.74, 6) is 0.0731. The number of nitrogens with zero attached hydrogens (tertiary/aromatic N) is 3. The lowest BCUT2D eigenvalue weighted by Crippen LogP contribution is -2.47. The highest BCUT2D eigenvalue weighted by atomic mass is 35.5. The average Bonchev–Trinajstić information content (AvgIpc) is 3.45. The van der Waals surface area contributed by atoms with E-state index < -0.39 is 21.7 Å². The third kappa shape index (κ3) is 8.27. The van der Waals surface area contributed by atoms with E-state index in [4.69, 9.17) is 21.1 Å². The smallest absolute Gasteiger partial charge is 0.286 e. The summed E-state index contributed by atoms with van der Waals surface area (Å²) >= 11 is 7.96. The molecule has 2 bridgehead atoms. The van der Waals surface area contributed by atoms with Crippen molar-refractivity contribution in [3.05, 3.63) is 86.3 Å². The molecule has 1 aliphatic carbocycles. The van der Waals surface area contributed by atoms with Crippen molar-refractivity contribution in [1.29, 1.82) is 0 Å². The lowest BCUT2D eigenvalue weighted by atomic mass is 9.70. The molecule has 12 heteroatoms. The van der Waals surface area contributed by atoms with Crippen LogP contribution in [0.15, 0.2) is 58.3 Å². The van der Waals surface area contributed by atoms with Gasteiger partial charge in [0, 0.05) is 48.0 Å². The van der Waals surface area contributed by atoms with Crippen LogP contribution in [0.25, 0.3) is 0 Å². The van der Waals surface area contributed by atoms with Crippen LogP contribution in [0.5, 0.6) is 5.75 Å². The molecule has 6 rings (SSSR count). The first kappa shape index (κ1) is 36.5. The predicted molar refractivity (Wildman–Crippen MR) is 201 cm³/mol. The number of benzene rings is 2. The van der Waals surface area contributed by atoms with Crippen molar-refractivity contribution in [1.82, 2.24) is 9.71 Å². The summed E-state index contributed by atoms with van der Waals surface area (Å²) < 4.78 is 33.7. The molecule has 0 saturated carbocycles. The fourth-order valence-electron chi connectivity index (χ4n) is 7.48. The third-order valence-corrected chi connectivity index (χ3v) is 13.3. The van der Waals surface area contributed by atoms with E-state index in [1.807, 2.05) is 36.6 Å². The second-order valence-corrected chi connectivity index (χ2v) is 17.6. The van der Waals surface area contributed by atoms with Gasteiger partial charge >= 0.3 is 0 Å². The van der Waals surface area contributed by atoms with Crippen LogP contribution in [-0.4, -0.2) is 59.7 Å². The molecule has 2 aliphatic heterocycles. The minimum atomic E-state index is -3.42. The number of methoxy groups -OCH3 is 1. The number of amides is 2. The number of hydrogen-bond donors (Lipinski definition) is 1. The summed E-state index contributed by atoms with van der Waals surface area (Å²) in [4.78, 5) is 33.7. The first-order valence-electron chi connectivity index (χ1n) is 17.5. The van der Waals surface area contributed by atoms with Crippen LogP contribution in [0.2, 0.25) is 5.02 Å². The molecule has 0 fully saturated rings. The molecule has 1 aromatic heterocycles. The number of allylic oxidation sites excluding steroid dienone is 1. The fourth-order valence-corrected chi connectivity index (χ4v) is 9.95. The Morgan fingerprint density at radius 3 is 2.84 bits per heavy atom. The number of rotatable bonds is 5. The predicted octanol–water partition coefficient (Wildman–Crippen LogP) is 7.49. The van der Waals surface area contributed by atoms with E-state index in [1.54, 1.807) is 13.2 Å². The lowest BCUT2D eigenvalue weighted by molar-refractivity contribution is -0.119. The van der Waals surface area contributed by atoms with Crippen molar-refractivity contribution >= 4 is 50.4 Å². The Morgan fingerprint density at radius 1 is 1.22 bits per heavy atom. The monoisotopic (exact) mass is 738 g/mol. The summed E-state index contributed by atoms with van der Waals surface area (Å²) in [6, 6.07) is 11.5. The second-order valence-electron chi connectivity index (χ2n) is 14.0. The van der Waals surface area contributed by atoms with Crippen molar-refractivity contribution in [3.8, 4) is 5.75 Å². The number of nitrogens with one attached hydrogen (secondary N) is 1. The Hall–Kier alpha value is -3.25. The van der Waals surface area contributed by atoms with Gasteiger partial charge in [-0.1, -0.05) is 43.7 Å². The Bertz CT molecular complexity index is 1890. The molecule has 0 saturated heterocycles. The molecule has 0 radical (unpaired) electrons. The molecule has 5 atom stereocenters. The van der Waals surface area contributed by atoms with E-state index in [0.29, 0.717) is 50.3 Å². The highest BCUT2D eigenvalue weighted by Crippen LogP contribution is 2.45. The van der Waals surface area contributed by atoms with Crippen molar-refractivity contribution in [2.45, 2.75) is 77.2 Å². The van der Waals surface area contributed by atoms with Gasteiger partial charge in [0.2, 0.25) is 5.91 Å². The highest BCUT2D eigenvalue weighted by molar-refractivity contribution is 7.92. The molecule has 9 nitrogen and oxygen atoms in total. The average molecular weight is 739 g/mol. The maximum Gasteiger partial charge on any atom is 0.286 e. The van der Waals surface area contributed by atoms with E-state index >= 15 is 0 Å². The van der Waals surface area contributed by atoms with E-state index in [1.165, 1.54) is 22.5 Å². The minimum Gasteiger partial charge on any atom is -0.490 e. The van der Waals surface area contributed by atoms with Crippen LogP contribution in [0, 0.1) is 18.8 Å². The Balaban J connectivity index is 1.37. The molecule has 2 amide bonds. The van der Waals surface area contributed by atoms with E-state index in [0.717, 1.165) is 40.7 Å². The number of carbonyl (C=O) groups is 2. The van der Waals surface area contributed by atoms with Crippen LogP contribution in [0.3, 0.4) is 0 Å². The van der Waals surface area contributed by atoms with Crippen molar-refractivity contribution in [2.24, 2.45) is 16.2 Å². The summed E-state index contributed by atoms with van der Waals surface area (Å²) in [7, 11) is -1.68. The molecule has 3 aliphatic rings. The topological polar surface area (TPSA) is 110 Å². The van der Waals surface area contributed by atoms with Crippen LogP contribution in [-0.2, 0) is 37.7 Å². The van der Waals surface area contributed by atoms with Crippen molar-refractivity contribution in [3.63, 3.8) is 0 Å². The largest absolute Gasteiger partial charge is 0.490 e. The molecule has 3 aromatic rings. The maximum atomic E-state index is 14.2. The number of aromatic nitrogens is 1. The number of carbonyl (C=O) groups excluding carboxylic acids is 2. The first-order valence-corrected chi connectivity index (χ1v) is 20.4. The summed E-state index contributed by atoms with van der Waals surface area (Å²) in [6.07, 6.45) is 8.53. The lowest BCUT2D eigenvalue weighted by Gasteiger charge is -2.42. The van der Waals surface area contributed by atoms with Crippen molar-refractivity contribution in [2.75, 3.05) is 37.5 Å². The number of aryl methyl sites for hydroxylation is 3. The third-order valence-electron chi connectivity index (χ3n) is 10.4. The molecule has 1 unspecified atom stereocenters. The molecule has 1 spiro atoms. The molecular weight excluding hydrogens is 692 g/mol. The quantitative estimate of drug-likeness (QED) is 0.270. The zero-order chi connectivity index (χ0) is 35.5. The summed E-state index contributed by atoms with van der Waals surface area (Å²) in [5.41, 5.74) is 4.15. The van der Waals surface area contributed by atoms with Gasteiger partial charge in [-0.05, 0) is 98.7 Å². The number of halogens is 1. The van der Waals surface area contributed by atoms with Gasteiger partial charge in [0.1, 0.15) is 15.7 Å². The van der Waals surface area contributed by atoms with Crippen LogP contribution < -0.4 is 14.4 Å². The standard InChI is InChI=1S/C38H47ClN4O5S2/c1-25-21-43-23-38(17-8-9-28-19-30(39)12-14-32(28)38)24-48-35-15-11-29(20-33(35)43)37(45)42-50(46,18-7-5-6-10-34(47-4)26(25)2)41-36(44)16-13-31-22-49-27(3)40-31/h6,10-12,14-15,19-20,22,25-26,34H,5,7-9,13,16-18,21,23-24H2,1-4H3,(H,41,42,44,45,46)/b10-6-/t25-,26+,34-,38-,50?/m0/s1. The SMILES string of the molecule is CO[C@H]1/C=C\CCCS(=O)(NC(=O)CCc2csc(C)n2)=NC(=O)c2ccc3c(c2)N(C[C@H](C)[C@H]1C)C[C@@]1(CCCc2cc(Cl)ccc21)CO3. The van der Waals surface area contributed by atoms with Gasteiger partial charge in [-0.3, -0.25) is 14.3 Å². The number of hydrogen-bond acceptors (Lipinski definition) is 8. The van der Waals surface area contributed by atoms with Crippen molar-refractivity contribution < 1.29 is 23.3 Å². The van der Waals surface area contributed by atoms with Gasteiger partial charge < -0.3 is 14.4 Å². The van der Waals surface area contributed by atoms with Gasteiger partial charge in [-0.2, -0.15) is 0 Å². The van der Waals surface area contributed by atoms with E-state index in [2.05, 4.69) is 51.0 Å². The van der Waals surface area contributed by atoms with Crippen LogP contribution in [0.1, 0.15) is 78.1 Å². The number of ether oxygens (including phenoxy) is 2. The zero-order valence-electron chi connectivity index (χ0n) is 29.3. The molecule has 2 aromatic carbocycles. The highest BCUT2D eigenvalue weighted by Gasteiger charge is 2.42. The van der Waals surface area contributed by atoms with Gasteiger partial charge in [0.05, 0.1) is 34.9 Å². The molecule has 50 heavy (non-hydrogen) atoms. The zero-order valence-corrected chi connectivity index (χ0v) is 31.7.